The Morgan fingerprint density at radius 2 is 1.73 bits per heavy atom. The lowest BCUT2D eigenvalue weighted by Crippen LogP contribution is -2.16. The van der Waals surface area contributed by atoms with Crippen LogP contribution in [-0.2, 0) is 13.0 Å². The van der Waals surface area contributed by atoms with Crippen molar-refractivity contribution in [2.45, 2.75) is 13.0 Å². The molecule has 0 unspecified atom stereocenters. The van der Waals surface area contributed by atoms with E-state index in [1.165, 1.54) is 17.7 Å². The normalized spacial score (nSPS) is 10.8. The molecule has 3 aromatic rings. The van der Waals surface area contributed by atoms with Crippen LogP contribution in [0.1, 0.15) is 11.5 Å². The molecule has 0 amide bonds. The van der Waals surface area contributed by atoms with Crippen molar-refractivity contribution in [3.8, 4) is 11.5 Å². The van der Waals surface area contributed by atoms with Crippen molar-refractivity contribution in [1.29, 1.82) is 0 Å². The molecule has 0 fully saturated rings. The van der Waals surface area contributed by atoms with Gasteiger partial charge in [-0.15, -0.1) is 10.2 Å². The molecule has 0 atom stereocenters. The van der Waals surface area contributed by atoms with Crippen LogP contribution >= 0.6 is 0 Å². The second-order valence-electron chi connectivity index (χ2n) is 4.92. The van der Waals surface area contributed by atoms with Crippen molar-refractivity contribution in [2.75, 3.05) is 6.54 Å². The lowest BCUT2D eigenvalue weighted by molar-refractivity contribution is 0.478. The summed E-state index contributed by atoms with van der Waals surface area (Å²) in [5.41, 5.74) is 2.00. The first-order valence-corrected chi connectivity index (χ1v) is 7.14. The maximum atomic E-state index is 12.9. The summed E-state index contributed by atoms with van der Waals surface area (Å²) in [6.45, 7) is 1.35. The van der Waals surface area contributed by atoms with Gasteiger partial charge < -0.3 is 9.73 Å². The molecule has 0 aliphatic carbocycles. The van der Waals surface area contributed by atoms with Crippen molar-refractivity contribution >= 4 is 0 Å². The summed E-state index contributed by atoms with van der Waals surface area (Å²) in [5, 5.41) is 11.2. The van der Waals surface area contributed by atoms with Gasteiger partial charge in [-0.3, -0.25) is 0 Å². The van der Waals surface area contributed by atoms with Crippen LogP contribution in [0.5, 0.6) is 0 Å². The molecule has 0 spiro atoms. The van der Waals surface area contributed by atoms with E-state index in [9.17, 15) is 4.39 Å². The molecule has 4 nitrogen and oxygen atoms in total. The Labute approximate surface area is 128 Å². The Balaban J connectivity index is 1.50. The number of nitrogens with one attached hydrogen (secondary N) is 1. The van der Waals surface area contributed by atoms with Gasteiger partial charge >= 0.3 is 0 Å². The SMILES string of the molecule is Fc1ccc(-c2nnc(CNCCc3ccccc3)o2)cc1. The molecule has 22 heavy (non-hydrogen) atoms. The maximum Gasteiger partial charge on any atom is 0.247 e. The van der Waals surface area contributed by atoms with Gasteiger partial charge in [-0.05, 0) is 42.8 Å². The Bertz CT molecular complexity index is 710. The lowest BCUT2D eigenvalue weighted by Gasteiger charge is -2.02. The van der Waals surface area contributed by atoms with Gasteiger partial charge in [-0.2, -0.15) is 0 Å². The first-order valence-electron chi connectivity index (χ1n) is 7.14. The highest BCUT2D eigenvalue weighted by atomic mass is 19.1. The number of aromatic nitrogens is 2. The minimum atomic E-state index is -0.286. The monoisotopic (exact) mass is 297 g/mol. The molecule has 1 aromatic heterocycles. The predicted molar refractivity (Wildman–Crippen MR) is 81.5 cm³/mol. The van der Waals surface area contributed by atoms with Crippen molar-refractivity contribution in [1.82, 2.24) is 15.5 Å². The van der Waals surface area contributed by atoms with Gasteiger partial charge in [-0.25, -0.2) is 4.39 Å². The number of rotatable bonds is 6. The number of nitrogens with zero attached hydrogens (tertiary/aromatic N) is 2. The van der Waals surface area contributed by atoms with Crippen LogP contribution in [0, 0.1) is 5.82 Å². The summed E-state index contributed by atoms with van der Waals surface area (Å²) >= 11 is 0. The predicted octanol–water partition coefficient (Wildman–Crippen LogP) is 3.21. The van der Waals surface area contributed by atoms with Crippen molar-refractivity contribution in [3.05, 3.63) is 71.9 Å². The summed E-state index contributed by atoms with van der Waals surface area (Å²) in [4.78, 5) is 0. The van der Waals surface area contributed by atoms with E-state index in [1.54, 1.807) is 12.1 Å². The zero-order valence-corrected chi connectivity index (χ0v) is 12.0. The smallest absolute Gasteiger partial charge is 0.247 e. The Morgan fingerprint density at radius 1 is 0.955 bits per heavy atom. The van der Waals surface area contributed by atoms with E-state index in [0.29, 0.717) is 23.9 Å². The largest absolute Gasteiger partial charge is 0.419 e. The number of hydrogen-bond donors (Lipinski definition) is 1. The number of hydrogen-bond acceptors (Lipinski definition) is 4. The van der Waals surface area contributed by atoms with Gasteiger partial charge in [-0.1, -0.05) is 30.3 Å². The lowest BCUT2D eigenvalue weighted by atomic mass is 10.1. The third-order valence-electron chi connectivity index (χ3n) is 3.27. The third-order valence-corrected chi connectivity index (χ3v) is 3.27. The standard InChI is InChI=1S/C17H16FN3O/c18-15-8-6-14(7-9-15)17-21-20-16(22-17)12-19-11-10-13-4-2-1-3-5-13/h1-9,19H,10-12H2. The second-order valence-corrected chi connectivity index (χ2v) is 4.92. The van der Waals surface area contributed by atoms with Crippen LogP contribution in [0.2, 0.25) is 0 Å². The molecule has 0 aliphatic rings. The molecular formula is C17H16FN3O. The summed E-state index contributed by atoms with van der Waals surface area (Å²) < 4.78 is 18.4. The average Bonchev–Trinajstić information content (AvgIpc) is 3.02. The van der Waals surface area contributed by atoms with Crippen LogP contribution in [0.15, 0.2) is 59.0 Å². The average molecular weight is 297 g/mol. The summed E-state index contributed by atoms with van der Waals surface area (Å²) in [6, 6.07) is 16.2. The molecule has 3 rings (SSSR count). The third kappa shape index (κ3) is 3.77. The fraction of sp³-hybridized carbons (Fsp3) is 0.176. The highest BCUT2D eigenvalue weighted by Gasteiger charge is 2.08. The minimum absolute atomic E-state index is 0.286. The van der Waals surface area contributed by atoms with Crippen LogP contribution < -0.4 is 5.32 Å². The first kappa shape index (κ1) is 14.4. The summed E-state index contributed by atoms with van der Waals surface area (Å²) in [6.07, 6.45) is 0.944. The Morgan fingerprint density at radius 3 is 2.50 bits per heavy atom. The van der Waals surface area contributed by atoms with Gasteiger partial charge in [0.1, 0.15) is 5.82 Å². The van der Waals surface area contributed by atoms with Gasteiger partial charge in [0.15, 0.2) is 0 Å². The van der Waals surface area contributed by atoms with Crippen molar-refractivity contribution in [3.63, 3.8) is 0 Å². The van der Waals surface area contributed by atoms with E-state index < -0.39 is 0 Å². The molecule has 112 valence electrons. The second kappa shape index (κ2) is 6.95. The quantitative estimate of drug-likeness (QED) is 0.710. The zero-order valence-electron chi connectivity index (χ0n) is 12.0. The molecule has 5 heteroatoms. The number of halogens is 1. The molecule has 1 N–H and O–H groups in total. The highest BCUT2D eigenvalue weighted by molar-refractivity contribution is 5.51. The topological polar surface area (TPSA) is 51.0 Å². The van der Waals surface area contributed by atoms with Gasteiger partial charge in [0.25, 0.3) is 0 Å². The highest BCUT2D eigenvalue weighted by Crippen LogP contribution is 2.17. The summed E-state index contributed by atoms with van der Waals surface area (Å²) in [5.74, 6) is 0.637. The fourth-order valence-electron chi connectivity index (χ4n) is 2.11. The first-order chi connectivity index (χ1) is 10.8. The molecular weight excluding hydrogens is 281 g/mol. The van der Waals surface area contributed by atoms with E-state index >= 15 is 0 Å². The van der Waals surface area contributed by atoms with Crippen LogP contribution in [0.25, 0.3) is 11.5 Å². The van der Waals surface area contributed by atoms with Gasteiger partial charge in [0, 0.05) is 5.56 Å². The van der Waals surface area contributed by atoms with E-state index in [-0.39, 0.29) is 5.82 Å². The number of benzene rings is 2. The van der Waals surface area contributed by atoms with E-state index in [2.05, 4.69) is 27.6 Å². The van der Waals surface area contributed by atoms with Crippen LogP contribution in [0.3, 0.4) is 0 Å². The molecule has 0 saturated carbocycles. The van der Waals surface area contributed by atoms with Crippen molar-refractivity contribution < 1.29 is 8.81 Å². The van der Waals surface area contributed by atoms with Gasteiger partial charge in [0.05, 0.1) is 6.54 Å². The molecule has 0 radical (unpaired) electrons. The van der Waals surface area contributed by atoms with E-state index in [1.807, 2.05) is 18.2 Å². The Kier molecular flexibility index (Phi) is 4.56. The molecule has 0 aliphatic heterocycles. The summed E-state index contributed by atoms with van der Waals surface area (Å²) in [7, 11) is 0. The minimum Gasteiger partial charge on any atom is -0.419 e. The molecule has 1 heterocycles. The molecule has 0 bridgehead atoms. The van der Waals surface area contributed by atoms with E-state index in [4.69, 9.17) is 4.42 Å². The maximum absolute atomic E-state index is 12.9. The van der Waals surface area contributed by atoms with Gasteiger partial charge in [0.2, 0.25) is 11.8 Å². The van der Waals surface area contributed by atoms with Crippen LogP contribution in [0.4, 0.5) is 4.39 Å². The zero-order chi connectivity index (χ0) is 15.2. The van der Waals surface area contributed by atoms with Crippen molar-refractivity contribution in [2.24, 2.45) is 0 Å². The molecule has 2 aromatic carbocycles. The Hall–Kier alpha value is -2.53. The molecule has 0 saturated heterocycles. The van der Waals surface area contributed by atoms with E-state index in [0.717, 1.165) is 13.0 Å². The fourth-order valence-corrected chi connectivity index (χ4v) is 2.11. The van der Waals surface area contributed by atoms with Crippen LogP contribution in [-0.4, -0.2) is 16.7 Å².